The standard InChI is InChI=1S/C14H20N6OS/c1-11-18-13(17-10-22-12(9-21)8-15-2)7-14(19-11)20-5-3-16-4-6-20/h7-9,16H,2-6,10H2,1H3,(H,17,18,19)/b12-8-. The highest BCUT2D eigenvalue weighted by atomic mass is 32.2. The van der Waals surface area contributed by atoms with E-state index in [9.17, 15) is 4.79 Å². The summed E-state index contributed by atoms with van der Waals surface area (Å²) in [6, 6.07) is 1.94. The van der Waals surface area contributed by atoms with Crippen molar-refractivity contribution in [3.05, 3.63) is 23.0 Å². The largest absolute Gasteiger partial charge is 0.361 e. The van der Waals surface area contributed by atoms with Crippen molar-refractivity contribution in [3.8, 4) is 0 Å². The minimum Gasteiger partial charge on any atom is -0.361 e. The van der Waals surface area contributed by atoms with Crippen LogP contribution in [-0.2, 0) is 4.79 Å². The number of thioether (sulfide) groups is 1. The molecule has 0 atom stereocenters. The lowest BCUT2D eigenvalue weighted by Gasteiger charge is -2.28. The monoisotopic (exact) mass is 320 g/mol. The molecule has 0 spiro atoms. The Bertz CT molecular complexity index is 556. The van der Waals surface area contributed by atoms with Crippen molar-refractivity contribution in [3.63, 3.8) is 0 Å². The fraction of sp³-hybridized carbons (Fsp3) is 0.429. The van der Waals surface area contributed by atoms with Crippen molar-refractivity contribution in [2.75, 3.05) is 42.3 Å². The Labute approximate surface area is 134 Å². The van der Waals surface area contributed by atoms with E-state index in [1.165, 1.54) is 18.0 Å². The van der Waals surface area contributed by atoms with Gasteiger partial charge in [-0.15, -0.1) is 0 Å². The second-order valence-corrected chi connectivity index (χ2v) is 5.74. The summed E-state index contributed by atoms with van der Waals surface area (Å²) < 4.78 is 0. The van der Waals surface area contributed by atoms with Crippen LogP contribution in [0, 0.1) is 6.92 Å². The van der Waals surface area contributed by atoms with Gasteiger partial charge >= 0.3 is 0 Å². The first-order valence-electron chi connectivity index (χ1n) is 7.02. The number of nitrogens with zero attached hydrogens (tertiary/aromatic N) is 4. The number of piperazine rings is 1. The number of allylic oxidation sites excluding steroid dienone is 1. The Hall–Kier alpha value is -1.93. The second kappa shape index (κ2) is 8.50. The molecule has 1 aliphatic rings. The van der Waals surface area contributed by atoms with Crippen LogP contribution in [0.4, 0.5) is 11.6 Å². The molecule has 1 fully saturated rings. The van der Waals surface area contributed by atoms with E-state index < -0.39 is 0 Å². The fourth-order valence-electron chi connectivity index (χ4n) is 2.08. The lowest BCUT2D eigenvalue weighted by molar-refractivity contribution is -0.104. The Morgan fingerprint density at radius 3 is 3.00 bits per heavy atom. The summed E-state index contributed by atoms with van der Waals surface area (Å²) in [4.78, 5) is 26.0. The third-order valence-electron chi connectivity index (χ3n) is 3.09. The molecular formula is C14H20N6OS. The quantitative estimate of drug-likeness (QED) is 0.336. The summed E-state index contributed by atoms with van der Waals surface area (Å²) in [7, 11) is 0. The molecule has 2 rings (SSSR count). The molecule has 0 radical (unpaired) electrons. The van der Waals surface area contributed by atoms with Crippen molar-refractivity contribution in [2.45, 2.75) is 6.92 Å². The predicted molar refractivity (Wildman–Crippen MR) is 91.6 cm³/mol. The maximum atomic E-state index is 10.8. The molecule has 0 bridgehead atoms. The van der Waals surface area contributed by atoms with Gasteiger partial charge in [-0.2, -0.15) is 0 Å². The summed E-state index contributed by atoms with van der Waals surface area (Å²) in [5.41, 5.74) is 0. The summed E-state index contributed by atoms with van der Waals surface area (Å²) in [5, 5.41) is 6.52. The molecule has 0 aromatic carbocycles. The number of aldehydes is 1. The topological polar surface area (TPSA) is 82.5 Å². The number of aryl methyl sites for hydroxylation is 1. The minimum absolute atomic E-state index is 0.524. The summed E-state index contributed by atoms with van der Waals surface area (Å²) in [6.07, 6.45) is 2.20. The molecule has 118 valence electrons. The number of rotatable bonds is 7. The van der Waals surface area contributed by atoms with Crippen molar-refractivity contribution in [2.24, 2.45) is 4.99 Å². The van der Waals surface area contributed by atoms with Gasteiger partial charge in [0.05, 0.1) is 10.8 Å². The SMILES string of the molecule is C=N/C=C(/C=O)SCNc1cc(N2CCNCC2)nc(C)n1. The van der Waals surface area contributed by atoms with Crippen LogP contribution in [0.3, 0.4) is 0 Å². The molecule has 0 amide bonds. The van der Waals surface area contributed by atoms with Gasteiger partial charge in [0.2, 0.25) is 0 Å². The highest BCUT2D eigenvalue weighted by Crippen LogP contribution is 2.18. The molecule has 7 nitrogen and oxygen atoms in total. The highest BCUT2D eigenvalue weighted by molar-refractivity contribution is 8.03. The van der Waals surface area contributed by atoms with Crippen LogP contribution < -0.4 is 15.5 Å². The van der Waals surface area contributed by atoms with Gasteiger partial charge in [-0.3, -0.25) is 9.79 Å². The summed E-state index contributed by atoms with van der Waals surface area (Å²) in [5.74, 6) is 2.94. The van der Waals surface area contributed by atoms with Gasteiger partial charge in [0.1, 0.15) is 17.5 Å². The molecule has 8 heteroatoms. The van der Waals surface area contributed by atoms with Gasteiger partial charge in [-0.1, -0.05) is 11.8 Å². The zero-order chi connectivity index (χ0) is 15.8. The van der Waals surface area contributed by atoms with Gasteiger partial charge in [-0.05, 0) is 13.6 Å². The van der Waals surface area contributed by atoms with Gasteiger partial charge in [0.25, 0.3) is 0 Å². The zero-order valence-corrected chi connectivity index (χ0v) is 13.4. The van der Waals surface area contributed by atoms with E-state index in [-0.39, 0.29) is 0 Å². The van der Waals surface area contributed by atoms with Crippen LogP contribution in [-0.4, -0.2) is 55.0 Å². The Kier molecular flexibility index (Phi) is 6.35. The van der Waals surface area contributed by atoms with Crippen LogP contribution in [0.15, 0.2) is 22.2 Å². The average Bonchev–Trinajstić information content (AvgIpc) is 2.54. The molecule has 2 N–H and O–H groups in total. The van der Waals surface area contributed by atoms with E-state index in [1.807, 2.05) is 13.0 Å². The van der Waals surface area contributed by atoms with Gasteiger partial charge in [0.15, 0.2) is 6.29 Å². The molecule has 1 aromatic rings. The van der Waals surface area contributed by atoms with Crippen LogP contribution >= 0.6 is 11.8 Å². The lowest BCUT2D eigenvalue weighted by atomic mass is 10.3. The third kappa shape index (κ3) is 4.81. The van der Waals surface area contributed by atoms with E-state index in [2.05, 4.69) is 37.2 Å². The Morgan fingerprint density at radius 1 is 1.55 bits per heavy atom. The molecule has 0 unspecified atom stereocenters. The molecule has 2 heterocycles. The van der Waals surface area contributed by atoms with Crippen molar-refractivity contribution >= 4 is 36.4 Å². The molecular weight excluding hydrogens is 300 g/mol. The summed E-state index contributed by atoms with van der Waals surface area (Å²) >= 11 is 1.35. The van der Waals surface area contributed by atoms with Gasteiger partial charge in [0, 0.05) is 38.4 Å². The van der Waals surface area contributed by atoms with Crippen molar-refractivity contribution in [1.82, 2.24) is 15.3 Å². The van der Waals surface area contributed by atoms with Crippen molar-refractivity contribution < 1.29 is 4.79 Å². The number of aliphatic imine (C=N–C) groups is 1. The zero-order valence-electron chi connectivity index (χ0n) is 12.6. The number of carbonyl (C=O) groups excluding carboxylic acids is 1. The lowest BCUT2D eigenvalue weighted by Crippen LogP contribution is -2.44. The number of hydrogen-bond acceptors (Lipinski definition) is 8. The molecule has 1 aliphatic heterocycles. The molecule has 1 saturated heterocycles. The highest BCUT2D eigenvalue weighted by Gasteiger charge is 2.13. The summed E-state index contributed by atoms with van der Waals surface area (Å²) in [6.45, 7) is 9.02. The number of carbonyl (C=O) groups is 1. The van der Waals surface area contributed by atoms with Crippen molar-refractivity contribution in [1.29, 1.82) is 0 Å². The van der Waals surface area contributed by atoms with Gasteiger partial charge < -0.3 is 15.5 Å². The number of hydrogen-bond donors (Lipinski definition) is 2. The number of anilines is 2. The smallest absolute Gasteiger partial charge is 0.158 e. The third-order valence-corrected chi connectivity index (χ3v) is 3.92. The van der Waals surface area contributed by atoms with E-state index in [1.54, 1.807) is 0 Å². The molecule has 0 saturated carbocycles. The number of aromatic nitrogens is 2. The molecule has 22 heavy (non-hydrogen) atoms. The van der Waals surface area contributed by atoms with E-state index in [0.29, 0.717) is 10.8 Å². The van der Waals surface area contributed by atoms with E-state index in [4.69, 9.17) is 0 Å². The van der Waals surface area contributed by atoms with Crippen LogP contribution in [0.25, 0.3) is 0 Å². The average molecular weight is 320 g/mol. The van der Waals surface area contributed by atoms with Crippen LogP contribution in [0.5, 0.6) is 0 Å². The predicted octanol–water partition coefficient (Wildman–Crippen LogP) is 1.04. The maximum absolute atomic E-state index is 10.8. The fourth-order valence-corrected chi connectivity index (χ4v) is 2.69. The first kappa shape index (κ1) is 16.4. The van der Waals surface area contributed by atoms with E-state index >= 15 is 0 Å². The van der Waals surface area contributed by atoms with E-state index in [0.717, 1.165) is 49.9 Å². The maximum Gasteiger partial charge on any atom is 0.158 e. The first-order valence-corrected chi connectivity index (χ1v) is 8.00. The first-order chi connectivity index (χ1) is 10.7. The second-order valence-electron chi connectivity index (χ2n) is 4.69. The van der Waals surface area contributed by atoms with Gasteiger partial charge in [-0.25, -0.2) is 9.97 Å². The Balaban J connectivity index is 1.98. The number of nitrogens with one attached hydrogen (secondary N) is 2. The molecule has 1 aromatic heterocycles. The molecule has 0 aliphatic carbocycles. The minimum atomic E-state index is 0.524. The Morgan fingerprint density at radius 2 is 2.32 bits per heavy atom. The van der Waals surface area contributed by atoms with Crippen LogP contribution in [0.2, 0.25) is 0 Å². The van der Waals surface area contributed by atoms with Crippen LogP contribution in [0.1, 0.15) is 5.82 Å². The normalized spacial score (nSPS) is 15.5.